The number of benzene rings is 1. The van der Waals surface area contributed by atoms with Gasteiger partial charge in [-0.05, 0) is 0 Å². The summed E-state index contributed by atoms with van der Waals surface area (Å²) in [6.07, 6.45) is 9.68. The zero-order chi connectivity index (χ0) is 21.6. The first-order valence-corrected chi connectivity index (χ1v) is 11.9. The van der Waals surface area contributed by atoms with Gasteiger partial charge in [-0.2, -0.15) is 9.78 Å². The second kappa shape index (κ2) is 5.23. The molecule has 158 valence electrons. The molecule has 0 saturated carbocycles. The number of rotatable bonds is 0. The minimum absolute atomic E-state index is 0.0715. The molecule has 0 unspecified atom stereocenters. The minimum Gasteiger partial charge on any atom is -0.325 e. The van der Waals surface area contributed by atoms with Crippen molar-refractivity contribution in [3.63, 3.8) is 0 Å². The van der Waals surface area contributed by atoms with Crippen LogP contribution < -0.4 is 15.1 Å². The molecule has 4 aliphatic heterocycles. The smallest absolute Gasteiger partial charge is 0.313 e. The molecule has 5 heterocycles. The van der Waals surface area contributed by atoms with Crippen molar-refractivity contribution < 1.29 is 19.4 Å². The molecule has 8 heteroatoms. The van der Waals surface area contributed by atoms with E-state index in [1.807, 2.05) is 12.4 Å². The molecule has 32 heavy (non-hydrogen) atoms. The van der Waals surface area contributed by atoms with E-state index in [1.54, 1.807) is 17.8 Å². The molecule has 1 aromatic carbocycles. The molecule has 1 saturated heterocycles. The molecule has 0 radical (unpaired) electrons. The van der Waals surface area contributed by atoms with Crippen LogP contribution in [-0.2, 0) is 20.4 Å². The number of aromatic nitrogens is 1. The monoisotopic (exact) mass is 444 g/mol. The van der Waals surface area contributed by atoms with Gasteiger partial charge in [0.1, 0.15) is 11.4 Å². The van der Waals surface area contributed by atoms with E-state index in [9.17, 15) is 9.59 Å². The zero-order valence-corrected chi connectivity index (χ0v) is 18.3. The Morgan fingerprint density at radius 3 is 2.94 bits per heavy atom. The topological polar surface area (TPSA) is 76.5 Å². The molecular formula is C24H18N3O4S+. The summed E-state index contributed by atoms with van der Waals surface area (Å²) in [5, 5.41) is 2.63. The quantitative estimate of drug-likeness (QED) is 0.269. The predicted molar refractivity (Wildman–Crippen MR) is 122 cm³/mol. The van der Waals surface area contributed by atoms with Crippen molar-refractivity contribution >= 4 is 64.0 Å². The number of likely N-dealkylation sites (N-methyl/N-ethyl adjacent to an activating group) is 1. The lowest BCUT2D eigenvalue weighted by atomic mass is 9.86. The van der Waals surface area contributed by atoms with Crippen molar-refractivity contribution in [2.24, 2.45) is 10.9 Å². The highest BCUT2D eigenvalue weighted by atomic mass is 32.2. The van der Waals surface area contributed by atoms with Crippen molar-refractivity contribution in [1.29, 1.82) is 0 Å². The maximum atomic E-state index is 13.1. The Morgan fingerprint density at radius 2 is 2.12 bits per heavy atom. The summed E-state index contributed by atoms with van der Waals surface area (Å²) in [5.41, 5.74) is 7.26. The zero-order valence-electron chi connectivity index (χ0n) is 17.5. The largest absolute Gasteiger partial charge is 0.325 e. The van der Waals surface area contributed by atoms with Crippen LogP contribution in [0.5, 0.6) is 0 Å². The van der Waals surface area contributed by atoms with Gasteiger partial charge in [-0.15, -0.1) is 0 Å². The lowest BCUT2D eigenvalue weighted by Gasteiger charge is -2.34. The Morgan fingerprint density at radius 1 is 1.28 bits per heavy atom. The second-order valence-corrected chi connectivity index (χ2v) is 10.4. The van der Waals surface area contributed by atoms with Gasteiger partial charge in [-0.1, -0.05) is 30.8 Å². The maximum Gasteiger partial charge on any atom is 0.313 e. The molecule has 8 rings (SSSR count). The van der Waals surface area contributed by atoms with Crippen molar-refractivity contribution in [2.45, 2.75) is 25.0 Å². The number of hydrogen-bond donors (Lipinski definition) is 0. The van der Waals surface area contributed by atoms with Gasteiger partial charge >= 0.3 is 5.79 Å². The standard InChI is InChI=1S/C24H18N3O4S/c1-11-3-4-13-18-14-7-25-8-15(14)19-20-16(5-12(28)6-17(20)29)26-9-32-10-27(2,22(18)21(19)26)23(13)24(11)30-31-24/h3-5,7-8,11H,6,9-10H2,1-2H3/q+1/t11-,27+/m0/s1. The van der Waals surface area contributed by atoms with E-state index in [4.69, 9.17) is 9.78 Å². The molecule has 2 aromatic rings. The van der Waals surface area contributed by atoms with E-state index in [0.717, 1.165) is 55.4 Å². The van der Waals surface area contributed by atoms with Gasteiger partial charge in [0.15, 0.2) is 23.0 Å². The molecule has 7 nitrogen and oxygen atoms in total. The molecule has 6 aliphatic rings. The van der Waals surface area contributed by atoms with Crippen LogP contribution in [0.15, 0.2) is 22.8 Å². The number of ketones is 2. The number of Topliss-reactive ketones (excluding diaryl/α,β-unsaturated/α-hetero) is 2. The van der Waals surface area contributed by atoms with Gasteiger partial charge in [-0.25, -0.2) is 4.48 Å². The van der Waals surface area contributed by atoms with Crippen molar-refractivity contribution in [3.8, 4) is 0 Å². The number of nitrogens with zero attached hydrogens (tertiary/aromatic N) is 3. The summed E-state index contributed by atoms with van der Waals surface area (Å²) in [5.74, 6) is 0.577. The Bertz CT molecular complexity index is 1600. The van der Waals surface area contributed by atoms with Crippen LogP contribution in [0.1, 0.15) is 34.8 Å². The van der Waals surface area contributed by atoms with Gasteiger partial charge in [0, 0.05) is 40.6 Å². The first-order valence-electron chi connectivity index (χ1n) is 10.7. The summed E-state index contributed by atoms with van der Waals surface area (Å²) < 4.78 is 2.72. The van der Waals surface area contributed by atoms with Gasteiger partial charge in [0.25, 0.3) is 0 Å². The number of fused-ring (bicyclic) bond motifs is 9. The number of carbonyl (C=O) groups excluding carboxylic acids is 2. The van der Waals surface area contributed by atoms with E-state index >= 15 is 0 Å². The van der Waals surface area contributed by atoms with E-state index in [2.05, 4.69) is 35.7 Å². The number of quaternary nitrogens is 1. The molecule has 1 spiro atoms. The lowest BCUT2D eigenvalue weighted by Crippen LogP contribution is -2.49. The fraction of sp³-hybridized carbons (Fsp3) is 0.292. The summed E-state index contributed by atoms with van der Waals surface area (Å²) in [7, 11) is 2.22. The average molecular weight is 444 g/mol. The Labute approximate surface area is 186 Å². The normalized spacial score (nSPS) is 29.8. The van der Waals surface area contributed by atoms with E-state index in [0.29, 0.717) is 15.9 Å². The average Bonchev–Trinajstić information content (AvgIpc) is 3.18. The van der Waals surface area contributed by atoms with Crippen molar-refractivity contribution in [2.75, 3.05) is 12.9 Å². The van der Waals surface area contributed by atoms with E-state index < -0.39 is 5.79 Å². The fourth-order valence-electron chi connectivity index (χ4n) is 6.38. The van der Waals surface area contributed by atoms with Gasteiger partial charge in [0.2, 0.25) is 0 Å². The van der Waals surface area contributed by atoms with Crippen LogP contribution in [0.4, 0.5) is 5.69 Å². The predicted octanol–water partition coefficient (Wildman–Crippen LogP) is 1.94. The number of allylic oxidation sites excluding steroid dienone is 2. The summed E-state index contributed by atoms with van der Waals surface area (Å²) >= 11 is 1.79. The number of thioether (sulfide) groups is 1. The number of hydrogen-bond acceptors (Lipinski definition) is 6. The summed E-state index contributed by atoms with van der Waals surface area (Å²) in [6, 6.07) is 0. The highest BCUT2D eigenvalue weighted by molar-refractivity contribution is 7.98. The van der Waals surface area contributed by atoms with E-state index in [-0.39, 0.29) is 23.9 Å². The number of carbonyl (C=O) groups is 2. The maximum absolute atomic E-state index is 13.1. The first kappa shape index (κ1) is 17.7. The molecule has 0 amide bonds. The van der Waals surface area contributed by atoms with E-state index in [1.165, 1.54) is 0 Å². The molecule has 0 bridgehead atoms. The third-order valence-corrected chi connectivity index (χ3v) is 8.88. The highest BCUT2D eigenvalue weighted by Gasteiger charge is 2.69. The van der Waals surface area contributed by atoms with Gasteiger partial charge in [-0.3, -0.25) is 14.6 Å². The first-order chi connectivity index (χ1) is 15.5. The third-order valence-electron chi connectivity index (χ3n) is 7.74. The molecule has 2 aliphatic carbocycles. The summed E-state index contributed by atoms with van der Waals surface area (Å²) in [4.78, 5) is 41.4. The minimum atomic E-state index is -0.754. The molecule has 0 N–H and O–H groups in total. The lowest BCUT2D eigenvalue weighted by molar-refractivity contribution is -0.112. The van der Waals surface area contributed by atoms with Crippen LogP contribution in [0.3, 0.4) is 0 Å². The van der Waals surface area contributed by atoms with Crippen LogP contribution in [-0.4, -0.2) is 41.1 Å². The van der Waals surface area contributed by atoms with Crippen LogP contribution in [0.25, 0.3) is 28.8 Å². The Hall–Kier alpha value is -2.78. The Kier molecular flexibility index (Phi) is 2.90. The molecule has 1 fully saturated rings. The molecule has 1 aromatic heterocycles. The SMILES string of the molecule is C[C@H]1C=CC2=C(C13OO3)[N@+]1(C)CSCn3c4c(c5c6c(c2c1c53)C=NC=6)C(=O)CC(=O)C=4. The van der Waals surface area contributed by atoms with Crippen molar-refractivity contribution in [1.82, 2.24) is 9.05 Å². The van der Waals surface area contributed by atoms with Gasteiger partial charge in [0.05, 0.1) is 41.4 Å². The summed E-state index contributed by atoms with van der Waals surface area (Å²) in [6.45, 7) is 2.11. The third kappa shape index (κ3) is 1.72. The molecule has 2 atom stereocenters. The van der Waals surface area contributed by atoms with Crippen molar-refractivity contribution in [3.05, 3.63) is 45.1 Å². The Balaban J connectivity index is 1.63. The van der Waals surface area contributed by atoms with Crippen LogP contribution in [0, 0.1) is 5.92 Å². The molecular weight excluding hydrogens is 426 g/mol. The fourth-order valence-corrected chi connectivity index (χ4v) is 7.53. The van der Waals surface area contributed by atoms with Crippen LogP contribution in [0.2, 0.25) is 0 Å². The number of aliphatic imine (C=N–C) groups is 1. The highest BCUT2D eigenvalue weighted by Crippen LogP contribution is 2.61. The van der Waals surface area contributed by atoms with Crippen LogP contribution >= 0.6 is 11.8 Å². The van der Waals surface area contributed by atoms with Gasteiger partial charge < -0.3 is 4.57 Å². The second-order valence-electron chi connectivity index (χ2n) is 9.48.